The minimum absolute atomic E-state index is 0.0696. The van der Waals surface area contributed by atoms with Gasteiger partial charge in [0.15, 0.2) is 0 Å². The van der Waals surface area contributed by atoms with Gasteiger partial charge in [0.25, 0.3) is 0 Å². The van der Waals surface area contributed by atoms with Gasteiger partial charge in [-0.05, 0) is 46.3 Å². The molecule has 0 aromatic heterocycles. The summed E-state index contributed by atoms with van der Waals surface area (Å²) >= 11 is 0. The summed E-state index contributed by atoms with van der Waals surface area (Å²) in [6, 6.07) is 8.09. The smallest absolute Gasteiger partial charge is 0.237 e. The van der Waals surface area contributed by atoms with Crippen LogP contribution in [0.2, 0.25) is 0 Å². The Hall–Kier alpha value is -1.59. The molecule has 3 unspecified atom stereocenters. The van der Waals surface area contributed by atoms with Crippen molar-refractivity contribution in [3.8, 4) is 5.75 Å². The zero-order valence-electron chi connectivity index (χ0n) is 14.6. The van der Waals surface area contributed by atoms with Crippen molar-refractivity contribution in [2.24, 2.45) is 0 Å². The molecule has 0 spiro atoms. The Morgan fingerprint density at radius 1 is 1.35 bits per heavy atom. The van der Waals surface area contributed by atoms with Gasteiger partial charge in [0.1, 0.15) is 5.75 Å². The number of methoxy groups -OCH3 is 1. The zero-order chi connectivity index (χ0) is 16.8. The Bertz CT molecular complexity index is 521. The minimum Gasteiger partial charge on any atom is -0.496 e. The number of para-hydroxylation sites is 1. The first-order valence-corrected chi connectivity index (χ1v) is 8.41. The van der Waals surface area contributed by atoms with Gasteiger partial charge in [0.2, 0.25) is 5.91 Å². The summed E-state index contributed by atoms with van der Waals surface area (Å²) in [4.78, 5) is 14.9. The summed E-state index contributed by atoms with van der Waals surface area (Å²) in [6.07, 6.45) is 2.31. The molecule has 0 radical (unpaired) electrons. The first-order chi connectivity index (χ1) is 11.1. The standard InChI is InChI=1S/C18H29N3O2/c1-13(16-9-5-6-10-17(16)23-4)20-18(22)14(2)21-11-7-8-15(12-21)19-3/h5-6,9-10,13-15,19H,7-8,11-12H2,1-4H3,(H,20,22). The first kappa shape index (κ1) is 17.8. The number of nitrogens with one attached hydrogen (secondary N) is 2. The van der Waals surface area contributed by atoms with Crippen LogP contribution in [0.5, 0.6) is 5.75 Å². The van der Waals surface area contributed by atoms with Gasteiger partial charge in [-0.2, -0.15) is 0 Å². The van der Waals surface area contributed by atoms with E-state index in [1.165, 1.54) is 6.42 Å². The van der Waals surface area contributed by atoms with Crippen molar-refractivity contribution in [3.63, 3.8) is 0 Å². The Labute approximate surface area is 139 Å². The fourth-order valence-electron chi connectivity index (χ4n) is 3.20. The summed E-state index contributed by atoms with van der Waals surface area (Å²) in [7, 11) is 3.64. The summed E-state index contributed by atoms with van der Waals surface area (Å²) in [5.41, 5.74) is 1.00. The quantitative estimate of drug-likeness (QED) is 0.841. The third-order valence-corrected chi connectivity index (χ3v) is 4.75. The Morgan fingerprint density at radius 3 is 2.78 bits per heavy atom. The molecule has 1 heterocycles. The van der Waals surface area contributed by atoms with Gasteiger partial charge in [-0.25, -0.2) is 0 Å². The molecule has 0 aliphatic carbocycles. The number of hydrogen-bond donors (Lipinski definition) is 2. The number of amides is 1. The van der Waals surface area contributed by atoms with Gasteiger partial charge in [-0.1, -0.05) is 18.2 Å². The largest absolute Gasteiger partial charge is 0.496 e. The molecule has 0 saturated carbocycles. The van der Waals surface area contributed by atoms with Crippen LogP contribution < -0.4 is 15.4 Å². The lowest BCUT2D eigenvalue weighted by molar-refractivity contribution is -0.127. The van der Waals surface area contributed by atoms with Crippen molar-refractivity contribution in [2.75, 3.05) is 27.2 Å². The Kier molecular flexibility index (Phi) is 6.42. The van der Waals surface area contributed by atoms with Crippen molar-refractivity contribution in [3.05, 3.63) is 29.8 Å². The lowest BCUT2D eigenvalue weighted by Crippen LogP contribution is -2.52. The van der Waals surface area contributed by atoms with E-state index in [0.717, 1.165) is 30.8 Å². The maximum Gasteiger partial charge on any atom is 0.237 e. The highest BCUT2D eigenvalue weighted by Crippen LogP contribution is 2.24. The van der Waals surface area contributed by atoms with E-state index >= 15 is 0 Å². The number of hydrogen-bond acceptors (Lipinski definition) is 4. The molecular formula is C18H29N3O2. The van der Waals surface area contributed by atoms with E-state index < -0.39 is 0 Å². The average molecular weight is 319 g/mol. The average Bonchev–Trinajstić information content (AvgIpc) is 2.60. The van der Waals surface area contributed by atoms with Crippen LogP contribution in [-0.4, -0.2) is 50.1 Å². The molecule has 3 atom stereocenters. The number of ether oxygens (including phenoxy) is 1. The maximum atomic E-state index is 12.6. The van der Waals surface area contributed by atoms with E-state index in [-0.39, 0.29) is 18.0 Å². The molecule has 2 N–H and O–H groups in total. The van der Waals surface area contributed by atoms with Crippen LogP contribution in [0.25, 0.3) is 0 Å². The summed E-state index contributed by atoms with van der Waals surface area (Å²) in [5.74, 6) is 0.876. The van der Waals surface area contributed by atoms with E-state index in [2.05, 4.69) is 15.5 Å². The van der Waals surface area contributed by atoms with Crippen molar-refractivity contribution in [1.29, 1.82) is 0 Å². The number of benzene rings is 1. The molecule has 1 aliphatic heterocycles. The molecule has 5 heteroatoms. The lowest BCUT2D eigenvalue weighted by Gasteiger charge is -2.36. The van der Waals surface area contributed by atoms with Crippen molar-refractivity contribution >= 4 is 5.91 Å². The fourth-order valence-corrected chi connectivity index (χ4v) is 3.20. The number of carbonyl (C=O) groups excluding carboxylic acids is 1. The van der Waals surface area contributed by atoms with Crippen molar-refractivity contribution in [2.45, 2.75) is 44.8 Å². The van der Waals surface area contributed by atoms with E-state index in [0.29, 0.717) is 6.04 Å². The van der Waals surface area contributed by atoms with Crippen molar-refractivity contribution < 1.29 is 9.53 Å². The summed E-state index contributed by atoms with van der Waals surface area (Å²) in [5, 5.41) is 6.44. The molecule has 1 fully saturated rings. The predicted octanol–water partition coefficient (Wildman–Crippen LogP) is 1.94. The lowest BCUT2D eigenvalue weighted by atomic mass is 10.0. The molecule has 1 saturated heterocycles. The second-order valence-corrected chi connectivity index (χ2v) is 6.27. The number of rotatable bonds is 6. The molecule has 1 aromatic carbocycles. The number of nitrogens with zero attached hydrogens (tertiary/aromatic N) is 1. The highest BCUT2D eigenvalue weighted by atomic mass is 16.5. The number of likely N-dealkylation sites (N-methyl/N-ethyl adjacent to an activating group) is 1. The predicted molar refractivity (Wildman–Crippen MR) is 92.7 cm³/mol. The minimum atomic E-state index is -0.122. The number of piperidine rings is 1. The number of carbonyl (C=O) groups is 1. The van der Waals surface area contributed by atoms with Crippen LogP contribution in [0, 0.1) is 0 Å². The highest BCUT2D eigenvalue weighted by Gasteiger charge is 2.27. The highest BCUT2D eigenvalue weighted by molar-refractivity contribution is 5.81. The molecule has 2 rings (SSSR count). The second-order valence-electron chi connectivity index (χ2n) is 6.27. The molecule has 23 heavy (non-hydrogen) atoms. The molecule has 1 aliphatic rings. The van der Waals surface area contributed by atoms with Gasteiger partial charge in [-0.15, -0.1) is 0 Å². The van der Waals surface area contributed by atoms with Crippen LogP contribution in [0.1, 0.15) is 38.3 Å². The van der Waals surface area contributed by atoms with Crippen molar-refractivity contribution in [1.82, 2.24) is 15.5 Å². The molecule has 128 valence electrons. The van der Waals surface area contributed by atoms with E-state index in [1.807, 2.05) is 45.2 Å². The van der Waals surface area contributed by atoms with Gasteiger partial charge >= 0.3 is 0 Å². The van der Waals surface area contributed by atoms with Crippen LogP contribution in [0.3, 0.4) is 0 Å². The summed E-state index contributed by atoms with van der Waals surface area (Å²) in [6.45, 7) is 5.89. The molecule has 5 nitrogen and oxygen atoms in total. The number of likely N-dealkylation sites (tertiary alicyclic amines) is 1. The second kappa shape index (κ2) is 8.31. The van der Waals surface area contributed by atoms with Crippen LogP contribution >= 0.6 is 0 Å². The molecule has 0 bridgehead atoms. The zero-order valence-corrected chi connectivity index (χ0v) is 14.6. The topological polar surface area (TPSA) is 53.6 Å². The Balaban J connectivity index is 1.97. The summed E-state index contributed by atoms with van der Waals surface area (Å²) < 4.78 is 5.38. The molecule has 1 aromatic rings. The van der Waals surface area contributed by atoms with Crippen LogP contribution in [0.15, 0.2) is 24.3 Å². The third-order valence-electron chi connectivity index (χ3n) is 4.75. The fraction of sp³-hybridized carbons (Fsp3) is 0.611. The SMILES string of the molecule is CNC1CCCN(C(C)C(=O)NC(C)c2ccccc2OC)C1. The van der Waals surface area contributed by atoms with Gasteiger partial charge in [0, 0.05) is 18.2 Å². The Morgan fingerprint density at radius 2 is 2.09 bits per heavy atom. The van der Waals surface area contributed by atoms with Gasteiger partial charge < -0.3 is 15.4 Å². The van der Waals surface area contributed by atoms with E-state index in [9.17, 15) is 4.79 Å². The van der Waals surface area contributed by atoms with Crippen LogP contribution in [-0.2, 0) is 4.79 Å². The molecular weight excluding hydrogens is 290 g/mol. The monoisotopic (exact) mass is 319 g/mol. The van der Waals surface area contributed by atoms with E-state index in [4.69, 9.17) is 4.74 Å². The van der Waals surface area contributed by atoms with Gasteiger partial charge in [-0.3, -0.25) is 9.69 Å². The third kappa shape index (κ3) is 4.45. The van der Waals surface area contributed by atoms with Gasteiger partial charge in [0.05, 0.1) is 19.2 Å². The normalized spacial score (nSPS) is 21.5. The molecule has 1 amide bonds. The van der Waals surface area contributed by atoms with E-state index in [1.54, 1.807) is 7.11 Å². The maximum absolute atomic E-state index is 12.6. The van der Waals surface area contributed by atoms with Crippen LogP contribution in [0.4, 0.5) is 0 Å². The first-order valence-electron chi connectivity index (χ1n) is 8.41.